The van der Waals surface area contributed by atoms with Crippen LogP contribution in [0.1, 0.15) is 51.4 Å². The van der Waals surface area contributed by atoms with E-state index in [1.54, 1.807) is 0 Å². The fourth-order valence-electron chi connectivity index (χ4n) is 1.97. The number of hydrogen-bond donors (Lipinski definition) is 0. The van der Waals surface area contributed by atoms with Gasteiger partial charge in [-0.2, -0.15) is 0 Å². The van der Waals surface area contributed by atoms with E-state index in [4.69, 9.17) is 4.84 Å². The van der Waals surface area contributed by atoms with E-state index in [0.717, 1.165) is 5.92 Å². The number of rotatable bonds is 3. The summed E-state index contributed by atoms with van der Waals surface area (Å²) in [6.07, 6.45) is 12.9. The molecule has 2 nitrogen and oxygen atoms in total. The summed E-state index contributed by atoms with van der Waals surface area (Å²) in [5.74, 6) is 0.726. The van der Waals surface area contributed by atoms with Crippen LogP contribution in [0.5, 0.6) is 0 Å². The van der Waals surface area contributed by atoms with Crippen LogP contribution >= 0.6 is 0 Å². The average molecular weight is 181 g/mol. The van der Waals surface area contributed by atoms with Gasteiger partial charge in [-0.1, -0.05) is 18.0 Å². The van der Waals surface area contributed by atoms with Gasteiger partial charge in [0.15, 0.2) is 0 Å². The monoisotopic (exact) mass is 181 g/mol. The quantitative estimate of drug-likeness (QED) is 0.484. The minimum atomic E-state index is 0.421. The van der Waals surface area contributed by atoms with Gasteiger partial charge in [-0.05, 0) is 44.4 Å². The molecule has 2 heteroatoms. The van der Waals surface area contributed by atoms with Gasteiger partial charge in [0, 0.05) is 6.21 Å². The van der Waals surface area contributed by atoms with Gasteiger partial charge in [0.05, 0.1) is 0 Å². The minimum absolute atomic E-state index is 0.421. The summed E-state index contributed by atoms with van der Waals surface area (Å²) in [5, 5.41) is 4.09. The first-order valence-corrected chi connectivity index (χ1v) is 5.64. The van der Waals surface area contributed by atoms with E-state index in [1.807, 2.05) is 6.21 Å². The Morgan fingerprint density at radius 2 is 1.69 bits per heavy atom. The highest BCUT2D eigenvalue weighted by Gasteiger charge is 2.16. The van der Waals surface area contributed by atoms with Crippen LogP contribution < -0.4 is 0 Å². The van der Waals surface area contributed by atoms with Gasteiger partial charge in [0.2, 0.25) is 0 Å². The molecule has 0 N–H and O–H groups in total. The van der Waals surface area contributed by atoms with E-state index in [2.05, 4.69) is 5.16 Å². The fraction of sp³-hybridized carbons (Fsp3) is 0.909. The highest BCUT2D eigenvalue weighted by Crippen LogP contribution is 2.25. The first-order chi connectivity index (χ1) is 6.45. The van der Waals surface area contributed by atoms with E-state index in [1.165, 1.54) is 51.4 Å². The van der Waals surface area contributed by atoms with Gasteiger partial charge < -0.3 is 4.84 Å². The van der Waals surface area contributed by atoms with Crippen LogP contribution in [0.15, 0.2) is 5.16 Å². The molecule has 0 aromatic heterocycles. The molecule has 74 valence electrons. The predicted molar refractivity (Wildman–Crippen MR) is 53.8 cm³/mol. The fourth-order valence-corrected chi connectivity index (χ4v) is 1.97. The second-order valence-corrected chi connectivity index (χ2v) is 4.31. The van der Waals surface area contributed by atoms with Crippen molar-refractivity contribution in [2.24, 2.45) is 11.1 Å². The molecular weight excluding hydrogens is 162 g/mol. The summed E-state index contributed by atoms with van der Waals surface area (Å²) in [7, 11) is 0. The van der Waals surface area contributed by atoms with E-state index >= 15 is 0 Å². The van der Waals surface area contributed by atoms with Crippen molar-refractivity contribution in [3.05, 3.63) is 0 Å². The summed E-state index contributed by atoms with van der Waals surface area (Å²) in [4.78, 5) is 5.46. The molecule has 0 aliphatic heterocycles. The normalized spacial score (nSPS) is 26.2. The maximum Gasteiger partial charge on any atom is 0.127 e. The first-order valence-electron chi connectivity index (χ1n) is 5.64. The van der Waals surface area contributed by atoms with Crippen LogP contribution in [0.3, 0.4) is 0 Å². The molecule has 0 radical (unpaired) electrons. The van der Waals surface area contributed by atoms with Crippen LogP contribution in [0.25, 0.3) is 0 Å². The molecule has 0 heterocycles. The predicted octanol–water partition coefficient (Wildman–Crippen LogP) is 3.12. The molecule has 2 rings (SSSR count). The summed E-state index contributed by atoms with van der Waals surface area (Å²) in [5.41, 5.74) is 0. The third kappa shape index (κ3) is 2.71. The molecule has 0 aromatic carbocycles. The molecule has 0 bridgehead atoms. The van der Waals surface area contributed by atoms with Gasteiger partial charge in [-0.25, -0.2) is 0 Å². The van der Waals surface area contributed by atoms with Gasteiger partial charge in [0.1, 0.15) is 6.10 Å². The molecular formula is C11H19NO. The van der Waals surface area contributed by atoms with Gasteiger partial charge in [0.25, 0.3) is 0 Å². The number of hydrogen-bond acceptors (Lipinski definition) is 2. The maximum absolute atomic E-state index is 5.46. The van der Waals surface area contributed by atoms with Crippen LogP contribution in [0.2, 0.25) is 0 Å². The Balaban J connectivity index is 1.62. The van der Waals surface area contributed by atoms with Gasteiger partial charge in [-0.3, -0.25) is 0 Å². The summed E-state index contributed by atoms with van der Waals surface area (Å²) >= 11 is 0. The van der Waals surface area contributed by atoms with E-state index in [9.17, 15) is 0 Å². The molecule has 0 amide bonds. The zero-order valence-electron chi connectivity index (χ0n) is 8.24. The van der Waals surface area contributed by atoms with Gasteiger partial charge in [-0.15, -0.1) is 0 Å². The molecule has 0 spiro atoms. The highest BCUT2D eigenvalue weighted by atomic mass is 16.6. The standard InChI is InChI=1S/C11H19NO/c1-2-7-11(8-3-1)13-12-9-10-5-4-6-10/h9-11H,1-8H2. The van der Waals surface area contributed by atoms with Crippen LogP contribution in [0, 0.1) is 5.92 Å². The maximum atomic E-state index is 5.46. The Morgan fingerprint density at radius 1 is 0.923 bits per heavy atom. The third-order valence-electron chi connectivity index (χ3n) is 3.18. The zero-order chi connectivity index (χ0) is 8.93. The largest absolute Gasteiger partial charge is 0.393 e. The average Bonchev–Trinajstić information content (AvgIpc) is 2.11. The SMILES string of the molecule is C(=NOC1CCCCC1)C1CCC1. The van der Waals surface area contributed by atoms with Crippen molar-refractivity contribution in [1.29, 1.82) is 0 Å². The Morgan fingerprint density at radius 3 is 2.31 bits per heavy atom. The molecule has 2 aliphatic carbocycles. The molecule has 2 aliphatic rings. The molecule has 2 saturated carbocycles. The zero-order valence-corrected chi connectivity index (χ0v) is 8.24. The lowest BCUT2D eigenvalue weighted by Gasteiger charge is -2.22. The van der Waals surface area contributed by atoms with Crippen molar-refractivity contribution in [1.82, 2.24) is 0 Å². The van der Waals surface area contributed by atoms with Crippen molar-refractivity contribution in [3.63, 3.8) is 0 Å². The van der Waals surface area contributed by atoms with Gasteiger partial charge >= 0.3 is 0 Å². The molecule has 13 heavy (non-hydrogen) atoms. The van der Waals surface area contributed by atoms with Crippen molar-refractivity contribution in [2.75, 3.05) is 0 Å². The van der Waals surface area contributed by atoms with E-state index < -0.39 is 0 Å². The van der Waals surface area contributed by atoms with Crippen molar-refractivity contribution < 1.29 is 4.84 Å². The lowest BCUT2D eigenvalue weighted by molar-refractivity contribution is 0.0327. The molecule has 2 fully saturated rings. The summed E-state index contributed by atoms with van der Waals surface area (Å²) in [6.45, 7) is 0. The second-order valence-electron chi connectivity index (χ2n) is 4.31. The minimum Gasteiger partial charge on any atom is -0.393 e. The summed E-state index contributed by atoms with van der Waals surface area (Å²) in [6, 6.07) is 0. The second kappa shape index (κ2) is 4.64. The lowest BCUT2D eigenvalue weighted by Crippen LogP contribution is -2.16. The smallest absolute Gasteiger partial charge is 0.127 e. The number of oxime groups is 1. The van der Waals surface area contributed by atoms with Crippen LogP contribution in [-0.2, 0) is 4.84 Å². The summed E-state index contributed by atoms with van der Waals surface area (Å²) < 4.78 is 0. The topological polar surface area (TPSA) is 21.6 Å². The van der Waals surface area contributed by atoms with Crippen LogP contribution in [-0.4, -0.2) is 12.3 Å². The van der Waals surface area contributed by atoms with Crippen molar-refractivity contribution >= 4 is 6.21 Å². The molecule has 0 unspecified atom stereocenters. The van der Waals surface area contributed by atoms with Crippen LogP contribution in [0.4, 0.5) is 0 Å². The Bertz CT molecular complexity index is 169. The Kier molecular flexibility index (Phi) is 3.22. The first kappa shape index (κ1) is 9.04. The Hall–Kier alpha value is -0.530. The highest BCUT2D eigenvalue weighted by molar-refractivity contribution is 5.60. The molecule has 0 atom stereocenters. The molecule has 0 aromatic rings. The third-order valence-corrected chi connectivity index (χ3v) is 3.18. The van der Waals surface area contributed by atoms with E-state index in [0.29, 0.717) is 6.10 Å². The Labute approximate surface area is 80.3 Å². The number of nitrogens with zero attached hydrogens (tertiary/aromatic N) is 1. The molecule has 0 saturated heterocycles. The van der Waals surface area contributed by atoms with Crippen molar-refractivity contribution in [3.8, 4) is 0 Å². The van der Waals surface area contributed by atoms with Crippen molar-refractivity contribution in [2.45, 2.75) is 57.5 Å². The lowest BCUT2D eigenvalue weighted by atomic mass is 9.87. The van der Waals surface area contributed by atoms with E-state index in [-0.39, 0.29) is 0 Å².